The lowest BCUT2D eigenvalue weighted by molar-refractivity contribution is -0.141. The Kier molecular flexibility index (Phi) is 3.96. The highest BCUT2D eigenvalue weighted by Gasteiger charge is 2.21. The quantitative estimate of drug-likeness (QED) is 0.681. The molecule has 0 aliphatic heterocycles. The molecule has 98 valence electrons. The maximum atomic E-state index is 10.9. The zero-order chi connectivity index (χ0) is 13.0. The minimum atomic E-state index is -0.782. The lowest BCUT2D eigenvalue weighted by Gasteiger charge is -2.12. The zero-order valence-electron chi connectivity index (χ0n) is 10.4. The normalized spacial score (nSPS) is 16.1. The number of aromatic nitrogens is 2. The molecule has 18 heavy (non-hydrogen) atoms. The minimum Gasteiger partial charge on any atom is -0.481 e. The highest BCUT2D eigenvalue weighted by atomic mass is 16.4. The largest absolute Gasteiger partial charge is 0.481 e. The monoisotopic (exact) mass is 250 g/mol. The fourth-order valence-corrected chi connectivity index (χ4v) is 1.60. The molecule has 0 aromatic carbocycles. The number of anilines is 2. The van der Waals surface area contributed by atoms with E-state index in [-0.39, 0.29) is 5.92 Å². The first kappa shape index (κ1) is 12.6. The molecular weight excluding hydrogens is 232 g/mol. The van der Waals surface area contributed by atoms with Gasteiger partial charge in [0.05, 0.1) is 5.92 Å². The number of nitrogens with zero attached hydrogens (tertiary/aromatic N) is 2. The van der Waals surface area contributed by atoms with Crippen molar-refractivity contribution < 1.29 is 9.90 Å². The molecule has 3 N–H and O–H groups in total. The first-order valence-corrected chi connectivity index (χ1v) is 6.24. The fourth-order valence-electron chi connectivity index (χ4n) is 1.60. The van der Waals surface area contributed by atoms with Gasteiger partial charge in [0, 0.05) is 18.7 Å². The van der Waals surface area contributed by atoms with E-state index in [0.29, 0.717) is 24.8 Å². The van der Waals surface area contributed by atoms with Crippen molar-refractivity contribution in [2.75, 3.05) is 17.2 Å². The summed E-state index contributed by atoms with van der Waals surface area (Å²) >= 11 is 0. The summed E-state index contributed by atoms with van der Waals surface area (Å²) in [7, 11) is 0. The summed E-state index contributed by atoms with van der Waals surface area (Å²) in [4.78, 5) is 19.1. The zero-order valence-corrected chi connectivity index (χ0v) is 10.4. The molecule has 1 aliphatic carbocycles. The molecule has 1 heterocycles. The van der Waals surface area contributed by atoms with E-state index >= 15 is 0 Å². The van der Waals surface area contributed by atoms with Crippen molar-refractivity contribution in [3.63, 3.8) is 0 Å². The van der Waals surface area contributed by atoms with Crippen molar-refractivity contribution >= 4 is 17.6 Å². The number of rotatable bonds is 7. The van der Waals surface area contributed by atoms with E-state index in [0.717, 1.165) is 5.82 Å². The van der Waals surface area contributed by atoms with Crippen molar-refractivity contribution in [2.45, 2.75) is 32.2 Å². The number of hydrogen-bond donors (Lipinski definition) is 3. The molecule has 1 fully saturated rings. The maximum absolute atomic E-state index is 10.9. The summed E-state index contributed by atoms with van der Waals surface area (Å²) in [5, 5.41) is 15.3. The van der Waals surface area contributed by atoms with E-state index in [9.17, 15) is 4.79 Å². The Morgan fingerprint density at radius 2 is 2.22 bits per heavy atom. The van der Waals surface area contributed by atoms with Gasteiger partial charge in [0.25, 0.3) is 0 Å². The topological polar surface area (TPSA) is 87.1 Å². The van der Waals surface area contributed by atoms with Gasteiger partial charge in [-0.1, -0.05) is 6.92 Å². The number of nitrogens with one attached hydrogen (secondary N) is 2. The predicted molar refractivity (Wildman–Crippen MR) is 68.6 cm³/mol. The molecule has 0 unspecified atom stereocenters. The van der Waals surface area contributed by atoms with Crippen LogP contribution in [-0.4, -0.2) is 33.6 Å². The first-order valence-electron chi connectivity index (χ1n) is 6.24. The Morgan fingerprint density at radius 3 is 2.83 bits per heavy atom. The smallest absolute Gasteiger partial charge is 0.308 e. The van der Waals surface area contributed by atoms with Crippen LogP contribution < -0.4 is 10.6 Å². The van der Waals surface area contributed by atoms with E-state index < -0.39 is 5.97 Å². The van der Waals surface area contributed by atoms with E-state index in [2.05, 4.69) is 20.6 Å². The van der Waals surface area contributed by atoms with Crippen molar-refractivity contribution in [1.82, 2.24) is 9.97 Å². The summed E-state index contributed by atoms with van der Waals surface area (Å²) in [6, 6.07) is 2.35. The third-order valence-corrected chi connectivity index (χ3v) is 2.97. The molecule has 1 aromatic heterocycles. The van der Waals surface area contributed by atoms with Gasteiger partial charge in [0.15, 0.2) is 0 Å². The molecule has 1 saturated carbocycles. The van der Waals surface area contributed by atoms with E-state index in [1.807, 2.05) is 13.0 Å². The number of carboxylic acid groups (broad SMARTS) is 1. The molecule has 0 bridgehead atoms. The average Bonchev–Trinajstić information content (AvgIpc) is 3.14. The standard InChI is InChI=1S/C12H18N4O2/c1-2-8(12(17)18)6-13-10-5-11(15-7-14-10)16-9-3-4-9/h5,7-9H,2-4,6H2,1H3,(H,17,18)(H2,13,14,15,16)/t8-/m0/s1. The SMILES string of the molecule is CC[C@@H](CNc1cc(NC2CC2)ncn1)C(=O)O. The number of carbonyl (C=O) groups is 1. The van der Waals surface area contributed by atoms with Crippen molar-refractivity contribution in [3.05, 3.63) is 12.4 Å². The van der Waals surface area contributed by atoms with Gasteiger partial charge < -0.3 is 15.7 Å². The summed E-state index contributed by atoms with van der Waals surface area (Å²) in [6.07, 6.45) is 4.45. The lowest BCUT2D eigenvalue weighted by atomic mass is 10.1. The molecule has 2 rings (SSSR count). The number of hydrogen-bond acceptors (Lipinski definition) is 5. The van der Waals surface area contributed by atoms with Gasteiger partial charge in [-0.15, -0.1) is 0 Å². The van der Waals surface area contributed by atoms with E-state index in [1.54, 1.807) is 0 Å². The van der Waals surface area contributed by atoms with Crippen LogP contribution in [0.4, 0.5) is 11.6 Å². The van der Waals surface area contributed by atoms with E-state index in [4.69, 9.17) is 5.11 Å². The highest BCUT2D eigenvalue weighted by molar-refractivity contribution is 5.70. The van der Waals surface area contributed by atoms with Crippen molar-refractivity contribution in [1.29, 1.82) is 0 Å². The van der Waals surface area contributed by atoms with E-state index in [1.165, 1.54) is 19.2 Å². The van der Waals surface area contributed by atoms with Crippen molar-refractivity contribution in [2.24, 2.45) is 5.92 Å². The van der Waals surface area contributed by atoms with Crippen LogP contribution in [0.15, 0.2) is 12.4 Å². The molecule has 1 aliphatic rings. The van der Waals surface area contributed by atoms with Gasteiger partial charge in [0.1, 0.15) is 18.0 Å². The number of carboxylic acids is 1. The van der Waals surface area contributed by atoms with Crippen LogP contribution in [0.3, 0.4) is 0 Å². The molecule has 0 amide bonds. The van der Waals surface area contributed by atoms with Gasteiger partial charge in [-0.3, -0.25) is 4.79 Å². The summed E-state index contributed by atoms with van der Waals surface area (Å²) < 4.78 is 0. The van der Waals surface area contributed by atoms with Crippen LogP contribution in [-0.2, 0) is 4.79 Å². The Bertz CT molecular complexity index is 420. The third kappa shape index (κ3) is 3.58. The predicted octanol–water partition coefficient (Wildman–Crippen LogP) is 1.57. The molecule has 0 saturated heterocycles. The van der Waals surface area contributed by atoms with Crippen LogP contribution in [0.25, 0.3) is 0 Å². The van der Waals surface area contributed by atoms with Gasteiger partial charge in [0.2, 0.25) is 0 Å². The highest BCUT2D eigenvalue weighted by Crippen LogP contribution is 2.24. The minimum absolute atomic E-state index is 0.381. The second kappa shape index (κ2) is 5.66. The average molecular weight is 250 g/mol. The molecule has 1 atom stereocenters. The second-order valence-electron chi connectivity index (χ2n) is 4.53. The third-order valence-electron chi connectivity index (χ3n) is 2.97. The molecule has 6 nitrogen and oxygen atoms in total. The summed E-state index contributed by atoms with van der Waals surface area (Å²) in [6.45, 7) is 2.24. The summed E-state index contributed by atoms with van der Waals surface area (Å²) in [5.74, 6) is 0.279. The van der Waals surface area contributed by atoms with Gasteiger partial charge >= 0.3 is 5.97 Å². The summed E-state index contributed by atoms with van der Waals surface area (Å²) in [5.41, 5.74) is 0. The fraction of sp³-hybridized carbons (Fsp3) is 0.583. The Labute approximate surface area is 106 Å². The molecule has 6 heteroatoms. The van der Waals surface area contributed by atoms with Crippen LogP contribution in [0.2, 0.25) is 0 Å². The molecule has 0 radical (unpaired) electrons. The van der Waals surface area contributed by atoms with Gasteiger partial charge in [-0.05, 0) is 19.3 Å². The first-order chi connectivity index (χ1) is 8.69. The Hall–Kier alpha value is -1.85. The Morgan fingerprint density at radius 1 is 1.50 bits per heavy atom. The molecule has 0 spiro atoms. The van der Waals surface area contributed by atoms with Crippen LogP contribution in [0.1, 0.15) is 26.2 Å². The molecular formula is C12H18N4O2. The van der Waals surface area contributed by atoms with Crippen LogP contribution in [0, 0.1) is 5.92 Å². The Balaban J connectivity index is 1.89. The van der Waals surface area contributed by atoms with Crippen LogP contribution in [0.5, 0.6) is 0 Å². The maximum Gasteiger partial charge on any atom is 0.308 e. The van der Waals surface area contributed by atoms with Crippen molar-refractivity contribution in [3.8, 4) is 0 Å². The second-order valence-corrected chi connectivity index (χ2v) is 4.53. The number of aliphatic carboxylic acids is 1. The molecule has 1 aromatic rings. The lowest BCUT2D eigenvalue weighted by Crippen LogP contribution is -2.22. The van der Waals surface area contributed by atoms with Gasteiger partial charge in [-0.25, -0.2) is 9.97 Å². The van der Waals surface area contributed by atoms with Crippen LogP contribution >= 0.6 is 0 Å². The van der Waals surface area contributed by atoms with Gasteiger partial charge in [-0.2, -0.15) is 0 Å².